The summed E-state index contributed by atoms with van der Waals surface area (Å²) in [6.45, 7) is 8.09. The molecule has 0 aliphatic carbocycles. The molecule has 0 aliphatic rings. The topological polar surface area (TPSA) is 78.4 Å². The van der Waals surface area contributed by atoms with Crippen molar-refractivity contribution in [2.75, 3.05) is 6.54 Å². The van der Waals surface area contributed by atoms with E-state index in [1.807, 2.05) is 33.8 Å². The van der Waals surface area contributed by atoms with E-state index in [-0.39, 0.29) is 5.92 Å². The molecule has 1 atom stereocenters. The molecule has 0 spiro atoms. The van der Waals surface area contributed by atoms with Crippen molar-refractivity contribution in [3.8, 4) is 0 Å². The number of rotatable bonds is 6. The second-order valence-corrected chi connectivity index (χ2v) is 4.66. The average molecular weight is 242 g/mol. The Balaban J connectivity index is 4.13. The first-order chi connectivity index (χ1) is 7.82. The van der Waals surface area contributed by atoms with Crippen LogP contribution in [0.4, 0.5) is 4.79 Å². The van der Waals surface area contributed by atoms with E-state index >= 15 is 0 Å². The number of carboxylic acid groups (broad SMARTS) is 1. The van der Waals surface area contributed by atoms with Gasteiger partial charge in [0.15, 0.2) is 0 Å². The molecule has 0 unspecified atom stereocenters. The lowest BCUT2D eigenvalue weighted by atomic mass is 10.0. The van der Waals surface area contributed by atoms with Crippen molar-refractivity contribution in [1.82, 2.24) is 10.6 Å². The van der Waals surface area contributed by atoms with E-state index in [1.54, 1.807) is 0 Å². The zero-order valence-electron chi connectivity index (χ0n) is 10.9. The van der Waals surface area contributed by atoms with Gasteiger partial charge in [0, 0.05) is 6.54 Å². The Morgan fingerprint density at radius 3 is 2.29 bits per heavy atom. The summed E-state index contributed by atoms with van der Waals surface area (Å²) in [5.74, 6) is -0.787. The highest BCUT2D eigenvalue weighted by atomic mass is 16.4. The Morgan fingerprint density at radius 2 is 1.88 bits per heavy atom. The SMILES string of the molecule is CC(C)=CCNC(=O)N[C@H](CC(C)C)C(=O)O. The maximum Gasteiger partial charge on any atom is 0.326 e. The fraction of sp³-hybridized carbons (Fsp3) is 0.667. The third-order valence-electron chi connectivity index (χ3n) is 2.08. The van der Waals surface area contributed by atoms with Gasteiger partial charge in [-0.3, -0.25) is 0 Å². The van der Waals surface area contributed by atoms with Crippen LogP contribution < -0.4 is 10.6 Å². The standard InChI is InChI=1S/C12H22N2O3/c1-8(2)5-6-13-12(17)14-10(11(15)16)7-9(3)4/h5,9-10H,6-7H2,1-4H3,(H,15,16)(H2,13,14,17)/t10-/m1/s1. The molecule has 0 aliphatic heterocycles. The first-order valence-electron chi connectivity index (χ1n) is 5.73. The molecule has 0 saturated carbocycles. The summed E-state index contributed by atoms with van der Waals surface area (Å²) in [6, 6.07) is -1.28. The van der Waals surface area contributed by atoms with Gasteiger partial charge < -0.3 is 15.7 Å². The number of carboxylic acids is 1. The van der Waals surface area contributed by atoms with Crippen LogP contribution in [0, 0.1) is 5.92 Å². The summed E-state index contributed by atoms with van der Waals surface area (Å²) < 4.78 is 0. The fourth-order valence-electron chi connectivity index (χ4n) is 1.25. The van der Waals surface area contributed by atoms with Crippen LogP contribution in [0.3, 0.4) is 0 Å². The Hall–Kier alpha value is -1.52. The summed E-state index contributed by atoms with van der Waals surface area (Å²) in [5, 5.41) is 14.0. The normalized spacial score (nSPS) is 11.8. The van der Waals surface area contributed by atoms with E-state index in [0.29, 0.717) is 13.0 Å². The van der Waals surface area contributed by atoms with Crippen molar-refractivity contribution in [2.45, 2.75) is 40.2 Å². The third-order valence-corrected chi connectivity index (χ3v) is 2.08. The number of nitrogens with one attached hydrogen (secondary N) is 2. The Bertz CT molecular complexity index is 294. The second-order valence-electron chi connectivity index (χ2n) is 4.66. The molecule has 0 aromatic heterocycles. The van der Waals surface area contributed by atoms with Crippen LogP contribution in [0.25, 0.3) is 0 Å². The van der Waals surface area contributed by atoms with Crippen molar-refractivity contribution in [3.05, 3.63) is 11.6 Å². The van der Waals surface area contributed by atoms with Gasteiger partial charge in [-0.05, 0) is 26.2 Å². The van der Waals surface area contributed by atoms with Crippen LogP contribution >= 0.6 is 0 Å². The summed E-state index contributed by atoms with van der Waals surface area (Å²) in [6.07, 6.45) is 2.28. The molecule has 0 aromatic carbocycles. The molecule has 98 valence electrons. The van der Waals surface area contributed by atoms with Gasteiger partial charge in [-0.1, -0.05) is 25.5 Å². The van der Waals surface area contributed by atoms with Gasteiger partial charge in [-0.25, -0.2) is 9.59 Å². The lowest BCUT2D eigenvalue weighted by molar-refractivity contribution is -0.139. The van der Waals surface area contributed by atoms with Crippen LogP contribution in [0.1, 0.15) is 34.1 Å². The summed E-state index contributed by atoms with van der Waals surface area (Å²) in [5.41, 5.74) is 1.10. The van der Waals surface area contributed by atoms with Gasteiger partial charge in [0.25, 0.3) is 0 Å². The maximum absolute atomic E-state index is 11.4. The second kappa shape index (κ2) is 7.70. The lowest BCUT2D eigenvalue weighted by Crippen LogP contribution is -2.46. The van der Waals surface area contributed by atoms with E-state index in [4.69, 9.17) is 5.11 Å². The summed E-state index contributed by atoms with van der Waals surface area (Å²) in [7, 11) is 0. The van der Waals surface area contributed by atoms with Crippen molar-refractivity contribution in [2.24, 2.45) is 5.92 Å². The van der Waals surface area contributed by atoms with Crippen molar-refractivity contribution < 1.29 is 14.7 Å². The predicted molar refractivity (Wildman–Crippen MR) is 66.8 cm³/mol. The van der Waals surface area contributed by atoms with Gasteiger partial charge >= 0.3 is 12.0 Å². The largest absolute Gasteiger partial charge is 0.480 e. The van der Waals surface area contributed by atoms with Gasteiger partial charge in [0.05, 0.1) is 0 Å². The van der Waals surface area contributed by atoms with Crippen molar-refractivity contribution in [3.63, 3.8) is 0 Å². The van der Waals surface area contributed by atoms with Gasteiger partial charge in [-0.15, -0.1) is 0 Å². The molecule has 0 heterocycles. The van der Waals surface area contributed by atoms with Crippen LogP contribution in [0.5, 0.6) is 0 Å². The molecule has 0 aromatic rings. The molecule has 0 fully saturated rings. The van der Waals surface area contributed by atoms with Gasteiger partial charge in [0.2, 0.25) is 0 Å². The van der Waals surface area contributed by atoms with Gasteiger partial charge in [0.1, 0.15) is 6.04 Å². The number of amides is 2. The molecule has 3 N–H and O–H groups in total. The Morgan fingerprint density at radius 1 is 1.29 bits per heavy atom. The monoisotopic (exact) mass is 242 g/mol. The van der Waals surface area contributed by atoms with E-state index in [1.165, 1.54) is 0 Å². The zero-order valence-corrected chi connectivity index (χ0v) is 10.9. The zero-order chi connectivity index (χ0) is 13.4. The molecule has 17 heavy (non-hydrogen) atoms. The summed E-state index contributed by atoms with van der Waals surface area (Å²) >= 11 is 0. The maximum atomic E-state index is 11.4. The van der Waals surface area contributed by atoms with E-state index in [2.05, 4.69) is 10.6 Å². The van der Waals surface area contributed by atoms with Crippen molar-refractivity contribution >= 4 is 12.0 Å². The van der Waals surface area contributed by atoms with E-state index in [0.717, 1.165) is 5.57 Å². The molecule has 5 nitrogen and oxygen atoms in total. The minimum absolute atomic E-state index is 0.217. The minimum atomic E-state index is -1.00. The highest BCUT2D eigenvalue weighted by Gasteiger charge is 2.20. The third kappa shape index (κ3) is 8.30. The highest BCUT2D eigenvalue weighted by molar-refractivity contribution is 5.82. The van der Waals surface area contributed by atoms with Gasteiger partial charge in [-0.2, -0.15) is 0 Å². The smallest absolute Gasteiger partial charge is 0.326 e. The number of carbonyl (C=O) groups is 2. The molecule has 0 radical (unpaired) electrons. The number of allylic oxidation sites excluding steroid dienone is 1. The highest BCUT2D eigenvalue weighted by Crippen LogP contribution is 2.04. The average Bonchev–Trinajstić information content (AvgIpc) is 2.15. The molecule has 2 amide bonds. The number of urea groups is 1. The van der Waals surface area contributed by atoms with E-state index in [9.17, 15) is 9.59 Å². The number of hydrogen-bond donors (Lipinski definition) is 3. The van der Waals surface area contributed by atoms with E-state index < -0.39 is 18.0 Å². The Kier molecular flexibility index (Phi) is 7.02. The predicted octanol–water partition coefficient (Wildman–Crippen LogP) is 1.75. The molecule has 0 bridgehead atoms. The minimum Gasteiger partial charge on any atom is -0.480 e. The molecule has 5 heteroatoms. The van der Waals surface area contributed by atoms with Crippen LogP contribution in [-0.4, -0.2) is 29.7 Å². The number of carbonyl (C=O) groups excluding carboxylic acids is 1. The first kappa shape index (κ1) is 15.5. The van der Waals surface area contributed by atoms with Crippen molar-refractivity contribution in [1.29, 1.82) is 0 Å². The Labute approximate surface area is 102 Å². The molecule has 0 rings (SSSR count). The van der Waals surface area contributed by atoms with Crippen LogP contribution in [-0.2, 0) is 4.79 Å². The number of hydrogen-bond acceptors (Lipinski definition) is 2. The lowest BCUT2D eigenvalue weighted by Gasteiger charge is -2.16. The fourth-order valence-corrected chi connectivity index (χ4v) is 1.25. The quantitative estimate of drug-likeness (QED) is 0.621. The van der Waals surface area contributed by atoms with Crippen LogP contribution in [0.2, 0.25) is 0 Å². The summed E-state index contributed by atoms with van der Waals surface area (Å²) in [4.78, 5) is 22.3. The van der Waals surface area contributed by atoms with Crippen LogP contribution in [0.15, 0.2) is 11.6 Å². The number of aliphatic carboxylic acids is 1. The molecular weight excluding hydrogens is 220 g/mol. The molecular formula is C12H22N2O3. The first-order valence-corrected chi connectivity index (χ1v) is 5.73. The molecule has 0 saturated heterocycles.